The van der Waals surface area contributed by atoms with E-state index in [9.17, 15) is 4.79 Å². The van der Waals surface area contributed by atoms with Crippen molar-refractivity contribution in [2.24, 2.45) is 0 Å². The number of nitrogens with zero attached hydrogens (tertiary/aromatic N) is 2. The first-order valence-corrected chi connectivity index (χ1v) is 6.95. The van der Waals surface area contributed by atoms with Crippen LogP contribution >= 0.6 is 0 Å². The van der Waals surface area contributed by atoms with Gasteiger partial charge in [-0.05, 0) is 19.2 Å². The molecule has 1 saturated heterocycles. The van der Waals surface area contributed by atoms with Crippen molar-refractivity contribution >= 4 is 5.91 Å². The Morgan fingerprint density at radius 3 is 2.38 bits per heavy atom. The van der Waals surface area contributed by atoms with Gasteiger partial charge in [0.05, 0.1) is 14.2 Å². The highest BCUT2D eigenvalue weighted by Gasteiger charge is 2.20. The van der Waals surface area contributed by atoms with Gasteiger partial charge in [-0.3, -0.25) is 4.79 Å². The lowest BCUT2D eigenvalue weighted by Crippen LogP contribution is -2.48. The number of hydrogen-bond acceptors (Lipinski definition) is 5. The van der Waals surface area contributed by atoms with Crippen molar-refractivity contribution in [3.05, 3.63) is 18.2 Å². The predicted molar refractivity (Wildman–Crippen MR) is 79.1 cm³/mol. The molecule has 2 rings (SSSR count). The summed E-state index contributed by atoms with van der Waals surface area (Å²) in [6.45, 7) is 3.29. The number of carbonyl (C=O) groups is 1. The molecule has 116 valence electrons. The summed E-state index contributed by atoms with van der Waals surface area (Å²) >= 11 is 0. The van der Waals surface area contributed by atoms with E-state index in [1.54, 1.807) is 32.4 Å². The average Bonchev–Trinajstić information content (AvgIpc) is 2.52. The van der Waals surface area contributed by atoms with Crippen LogP contribution in [0.5, 0.6) is 17.2 Å². The minimum Gasteiger partial charge on any atom is -0.493 e. The molecule has 0 unspecified atom stereocenters. The Balaban J connectivity index is 1.95. The molecule has 1 aromatic rings. The third kappa shape index (κ3) is 3.78. The van der Waals surface area contributed by atoms with E-state index in [4.69, 9.17) is 14.2 Å². The van der Waals surface area contributed by atoms with Crippen LogP contribution in [0, 0.1) is 0 Å². The molecule has 6 nitrogen and oxygen atoms in total. The molecular weight excluding hydrogens is 272 g/mol. The fraction of sp³-hybridized carbons (Fsp3) is 0.533. The minimum absolute atomic E-state index is 0.00651. The Bertz CT molecular complexity index is 485. The maximum Gasteiger partial charge on any atom is 0.260 e. The van der Waals surface area contributed by atoms with Crippen molar-refractivity contribution in [1.82, 2.24) is 9.80 Å². The molecule has 0 radical (unpaired) electrons. The summed E-state index contributed by atoms with van der Waals surface area (Å²) < 4.78 is 16.1. The first-order chi connectivity index (χ1) is 10.2. The van der Waals surface area contributed by atoms with E-state index >= 15 is 0 Å². The second kappa shape index (κ2) is 7.17. The zero-order chi connectivity index (χ0) is 15.2. The summed E-state index contributed by atoms with van der Waals surface area (Å²) in [7, 11) is 5.17. The van der Waals surface area contributed by atoms with E-state index in [-0.39, 0.29) is 12.5 Å². The highest BCUT2D eigenvalue weighted by molar-refractivity contribution is 5.78. The summed E-state index contributed by atoms with van der Waals surface area (Å²) in [4.78, 5) is 16.2. The molecule has 0 atom stereocenters. The molecule has 6 heteroatoms. The lowest BCUT2D eigenvalue weighted by atomic mass is 10.3. The SMILES string of the molecule is COc1cccc(OCC(=O)N2CCN(C)CC2)c1OC. The van der Waals surface area contributed by atoms with Crippen LogP contribution in [-0.4, -0.2) is 69.8 Å². The summed E-state index contributed by atoms with van der Waals surface area (Å²) in [6, 6.07) is 5.35. The van der Waals surface area contributed by atoms with Crippen LogP contribution in [0.2, 0.25) is 0 Å². The fourth-order valence-electron chi connectivity index (χ4n) is 2.26. The van der Waals surface area contributed by atoms with Gasteiger partial charge in [0, 0.05) is 26.2 Å². The lowest BCUT2D eigenvalue weighted by Gasteiger charge is -2.32. The number of ether oxygens (including phenoxy) is 3. The minimum atomic E-state index is -0.00651. The van der Waals surface area contributed by atoms with Crippen molar-refractivity contribution in [2.45, 2.75) is 0 Å². The third-order valence-electron chi connectivity index (χ3n) is 3.57. The van der Waals surface area contributed by atoms with Gasteiger partial charge in [0.25, 0.3) is 5.91 Å². The number of hydrogen-bond donors (Lipinski definition) is 0. The number of benzene rings is 1. The number of methoxy groups -OCH3 is 2. The molecule has 1 aliphatic heterocycles. The topological polar surface area (TPSA) is 51.2 Å². The van der Waals surface area contributed by atoms with Gasteiger partial charge in [-0.1, -0.05) is 6.07 Å². The zero-order valence-electron chi connectivity index (χ0n) is 12.8. The van der Waals surface area contributed by atoms with Crippen LogP contribution in [0.1, 0.15) is 0 Å². The van der Waals surface area contributed by atoms with Crippen LogP contribution in [0.25, 0.3) is 0 Å². The molecule has 1 heterocycles. The molecule has 0 aromatic heterocycles. The second-order valence-corrected chi connectivity index (χ2v) is 4.96. The predicted octanol–water partition coefficient (Wildman–Crippen LogP) is 0.857. The van der Waals surface area contributed by atoms with Crippen molar-refractivity contribution in [3.63, 3.8) is 0 Å². The van der Waals surface area contributed by atoms with E-state index in [0.29, 0.717) is 17.2 Å². The van der Waals surface area contributed by atoms with Crippen molar-refractivity contribution in [3.8, 4) is 17.2 Å². The molecule has 0 aliphatic carbocycles. The number of carbonyl (C=O) groups excluding carboxylic acids is 1. The molecule has 21 heavy (non-hydrogen) atoms. The Morgan fingerprint density at radius 1 is 1.10 bits per heavy atom. The van der Waals surface area contributed by atoms with E-state index < -0.39 is 0 Å². The van der Waals surface area contributed by atoms with E-state index in [2.05, 4.69) is 11.9 Å². The molecule has 1 aromatic carbocycles. The first kappa shape index (κ1) is 15.4. The zero-order valence-corrected chi connectivity index (χ0v) is 12.8. The highest BCUT2D eigenvalue weighted by Crippen LogP contribution is 2.36. The van der Waals surface area contributed by atoms with E-state index in [1.807, 2.05) is 4.90 Å². The molecule has 0 spiro atoms. The van der Waals surface area contributed by atoms with Crippen molar-refractivity contribution in [1.29, 1.82) is 0 Å². The van der Waals surface area contributed by atoms with Crippen molar-refractivity contribution in [2.75, 3.05) is 54.1 Å². The number of likely N-dealkylation sites (N-methyl/N-ethyl adjacent to an activating group) is 1. The number of amides is 1. The van der Waals surface area contributed by atoms with Crippen LogP contribution in [0.4, 0.5) is 0 Å². The summed E-state index contributed by atoms with van der Waals surface area (Å²) in [5.41, 5.74) is 0. The summed E-state index contributed by atoms with van der Waals surface area (Å²) in [6.07, 6.45) is 0. The van der Waals surface area contributed by atoms with Crippen molar-refractivity contribution < 1.29 is 19.0 Å². The quantitative estimate of drug-likeness (QED) is 0.806. The number of piperazine rings is 1. The molecule has 1 fully saturated rings. The summed E-state index contributed by atoms with van der Waals surface area (Å²) in [5, 5.41) is 0. The third-order valence-corrected chi connectivity index (χ3v) is 3.57. The average molecular weight is 294 g/mol. The van der Waals surface area contributed by atoms with E-state index in [1.165, 1.54) is 0 Å². The Kier molecular flexibility index (Phi) is 5.27. The van der Waals surface area contributed by atoms with Gasteiger partial charge in [-0.2, -0.15) is 0 Å². The maximum absolute atomic E-state index is 12.1. The molecule has 1 aliphatic rings. The van der Waals surface area contributed by atoms with E-state index in [0.717, 1.165) is 26.2 Å². The Labute approximate surface area is 125 Å². The van der Waals surface area contributed by atoms with Gasteiger partial charge in [0.1, 0.15) is 0 Å². The lowest BCUT2D eigenvalue weighted by molar-refractivity contribution is -0.134. The van der Waals surface area contributed by atoms with Crippen LogP contribution in [0.3, 0.4) is 0 Å². The molecule has 1 amide bonds. The maximum atomic E-state index is 12.1. The molecule has 0 bridgehead atoms. The highest BCUT2D eigenvalue weighted by atomic mass is 16.5. The molecular formula is C15H22N2O4. The monoisotopic (exact) mass is 294 g/mol. The first-order valence-electron chi connectivity index (χ1n) is 6.95. The standard InChI is InChI=1S/C15H22N2O4/c1-16-7-9-17(10-8-16)14(18)11-21-13-6-4-5-12(19-2)15(13)20-3/h4-6H,7-11H2,1-3H3. The van der Waals surface area contributed by atoms with Crippen LogP contribution < -0.4 is 14.2 Å². The van der Waals surface area contributed by atoms with Gasteiger partial charge in [0.2, 0.25) is 5.75 Å². The van der Waals surface area contributed by atoms with Crippen LogP contribution in [-0.2, 0) is 4.79 Å². The molecule has 0 N–H and O–H groups in total. The van der Waals surface area contributed by atoms with Gasteiger partial charge < -0.3 is 24.0 Å². The second-order valence-electron chi connectivity index (χ2n) is 4.96. The van der Waals surface area contributed by atoms with Gasteiger partial charge in [0.15, 0.2) is 18.1 Å². The smallest absolute Gasteiger partial charge is 0.260 e. The summed E-state index contributed by atoms with van der Waals surface area (Å²) in [5.74, 6) is 1.60. The Morgan fingerprint density at radius 2 is 1.76 bits per heavy atom. The molecule has 0 saturated carbocycles. The fourth-order valence-corrected chi connectivity index (χ4v) is 2.26. The van der Waals surface area contributed by atoms with Crippen LogP contribution in [0.15, 0.2) is 18.2 Å². The largest absolute Gasteiger partial charge is 0.493 e. The van der Waals surface area contributed by atoms with Gasteiger partial charge in [-0.15, -0.1) is 0 Å². The van der Waals surface area contributed by atoms with Gasteiger partial charge in [-0.25, -0.2) is 0 Å². The van der Waals surface area contributed by atoms with Gasteiger partial charge >= 0.3 is 0 Å². The normalized spacial score (nSPS) is 15.7. The number of rotatable bonds is 5. The Hall–Kier alpha value is -1.95. The number of para-hydroxylation sites is 1.